The number of sulfone groups is 1. The lowest BCUT2D eigenvalue weighted by molar-refractivity contribution is -0.384. The van der Waals surface area contributed by atoms with Gasteiger partial charge in [-0.1, -0.05) is 30.7 Å². The zero-order chi connectivity index (χ0) is 14.8. The Labute approximate surface area is 115 Å². The van der Waals surface area contributed by atoms with Gasteiger partial charge in [0.25, 0.3) is 5.69 Å². The maximum Gasteiger partial charge on any atom is 0.270 e. The molecule has 0 fully saturated rings. The van der Waals surface area contributed by atoms with Crippen LogP contribution in [0, 0.1) is 10.1 Å². The van der Waals surface area contributed by atoms with Gasteiger partial charge in [0.2, 0.25) is 4.21 Å². The van der Waals surface area contributed by atoms with Crippen LogP contribution in [-0.4, -0.2) is 29.6 Å². The summed E-state index contributed by atoms with van der Waals surface area (Å²) in [6.07, 6.45) is 0.730. The van der Waals surface area contributed by atoms with Crippen LogP contribution in [0.5, 0.6) is 0 Å². The highest BCUT2D eigenvalue weighted by Gasteiger charge is 2.45. The second-order valence-corrected chi connectivity index (χ2v) is 7.10. The van der Waals surface area contributed by atoms with Gasteiger partial charge in [0.1, 0.15) is 0 Å². The molecule has 104 valence electrons. The molecule has 0 aliphatic rings. The zero-order valence-electron chi connectivity index (χ0n) is 10.3. The Hall–Kier alpha value is -1.47. The maximum atomic E-state index is 12.2. The van der Waals surface area contributed by atoms with Crippen molar-refractivity contribution < 1.29 is 18.1 Å². The van der Waals surface area contributed by atoms with Gasteiger partial charge in [-0.2, -0.15) is 0 Å². The van der Waals surface area contributed by atoms with Gasteiger partial charge in [-0.3, -0.25) is 14.9 Å². The molecule has 0 saturated carbocycles. The van der Waals surface area contributed by atoms with Gasteiger partial charge in [0.05, 0.1) is 4.92 Å². The summed E-state index contributed by atoms with van der Waals surface area (Å²) in [5.41, 5.74) is -0.397. The van der Waals surface area contributed by atoms with Gasteiger partial charge in [0.15, 0.2) is 15.6 Å². The summed E-state index contributed by atoms with van der Waals surface area (Å²) in [5, 5.41) is 10.6. The molecule has 0 aliphatic heterocycles. The number of ketones is 1. The van der Waals surface area contributed by atoms with E-state index in [-0.39, 0.29) is 17.7 Å². The van der Waals surface area contributed by atoms with E-state index in [2.05, 4.69) is 0 Å². The van der Waals surface area contributed by atoms with Crippen LogP contribution in [0.25, 0.3) is 0 Å². The number of benzene rings is 1. The minimum atomic E-state index is -3.85. The molecule has 6 nitrogen and oxygen atoms in total. The predicted molar refractivity (Wildman–Crippen MR) is 71.1 cm³/mol. The van der Waals surface area contributed by atoms with Crippen LogP contribution in [0.15, 0.2) is 24.3 Å². The van der Waals surface area contributed by atoms with Crippen LogP contribution < -0.4 is 0 Å². The molecule has 0 unspecified atom stereocenters. The Kier molecular flexibility index (Phi) is 4.32. The number of halogens is 1. The van der Waals surface area contributed by atoms with Crippen LogP contribution in [0.3, 0.4) is 0 Å². The third-order valence-electron chi connectivity index (χ3n) is 2.70. The molecule has 0 aliphatic carbocycles. The fourth-order valence-corrected chi connectivity index (χ4v) is 2.66. The van der Waals surface area contributed by atoms with E-state index < -0.39 is 24.8 Å². The Bertz CT molecular complexity index is 628. The average molecular weight is 306 g/mol. The molecular weight excluding hydrogens is 294 g/mol. The molecule has 0 saturated heterocycles. The van der Waals surface area contributed by atoms with Crippen LogP contribution >= 0.6 is 11.6 Å². The number of nitro benzene ring substituents is 1. The second kappa shape index (κ2) is 5.26. The van der Waals surface area contributed by atoms with E-state index in [9.17, 15) is 23.3 Å². The summed E-state index contributed by atoms with van der Waals surface area (Å²) in [7, 11) is -3.85. The quantitative estimate of drug-likeness (QED) is 0.359. The third kappa shape index (κ3) is 2.93. The summed E-state index contributed by atoms with van der Waals surface area (Å²) in [4.78, 5) is 22.2. The SMILES string of the molecule is CC[C@](Cl)(C(=O)c1cccc([N+](=O)[O-])c1)S(C)(=O)=O. The summed E-state index contributed by atoms with van der Waals surface area (Å²) >= 11 is 5.91. The minimum absolute atomic E-state index is 0.100. The highest BCUT2D eigenvalue weighted by Crippen LogP contribution is 2.31. The standard InChI is InChI=1S/C11H12ClNO5S/c1-3-11(12,19(2,17)18)10(14)8-5-4-6-9(7-8)13(15)16/h4-7H,3H2,1-2H3/t11-/m1/s1. The fourth-order valence-electron chi connectivity index (χ4n) is 1.57. The number of hydrogen-bond acceptors (Lipinski definition) is 5. The molecule has 0 N–H and O–H groups in total. The van der Waals surface area contributed by atoms with E-state index in [1.807, 2.05) is 0 Å². The van der Waals surface area contributed by atoms with E-state index in [1.165, 1.54) is 25.1 Å². The van der Waals surface area contributed by atoms with Crippen molar-refractivity contribution in [2.45, 2.75) is 17.6 Å². The Morgan fingerprint density at radius 3 is 2.47 bits per heavy atom. The Balaban J connectivity index is 3.34. The van der Waals surface area contributed by atoms with Crippen molar-refractivity contribution in [1.82, 2.24) is 0 Å². The number of carbonyl (C=O) groups excluding carboxylic acids is 1. The minimum Gasteiger partial charge on any atom is -0.291 e. The lowest BCUT2D eigenvalue weighted by Gasteiger charge is -2.21. The molecule has 1 atom stereocenters. The molecule has 0 radical (unpaired) electrons. The number of Topliss-reactive ketones (excluding diaryl/α,β-unsaturated/α-hetero) is 1. The first-order chi connectivity index (χ1) is 8.63. The molecule has 0 amide bonds. The van der Waals surface area contributed by atoms with E-state index in [0.29, 0.717) is 0 Å². The van der Waals surface area contributed by atoms with Crippen molar-refractivity contribution in [3.63, 3.8) is 0 Å². The number of alkyl halides is 1. The first-order valence-corrected chi connectivity index (χ1v) is 7.58. The first-order valence-electron chi connectivity index (χ1n) is 5.31. The predicted octanol–water partition coefficient (Wildman–Crippen LogP) is 2.17. The molecule has 0 spiro atoms. The smallest absolute Gasteiger partial charge is 0.270 e. The topological polar surface area (TPSA) is 94.3 Å². The van der Waals surface area contributed by atoms with Crippen molar-refractivity contribution in [2.24, 2.45) is 0 Å². The summed E-state index contributed by atoms with van der Waals surface area (Å²) in [6, 6.07) is 4.83. The second-order valence-electron chi connectivity index (χ2n) is 3.99. The van der Waals surface area contributed by atoms with Gasteiger partial charge in [-0.25, -0.2) is 8.42 Å². The largest absolute Gasteiger partial charge is 0.291 e. The van der Waals surface area contributed by atoms with E-state index in [1.54, 1.807) is 0 Å². The number of carbonyl (C=O) groups is 1. The molecule has 0 aromatic heterocycles. The van der Waals surface area contributed by atoms with Gasteiger partial charge in [-0.15, -0.1) is 0 Å². The Morgan fingerprint density at radius 2 is 2.05 bits per heavy atom. The van der Waals surface area contributed by atoms with E-state index in [0.717, 1.165) is 12.3 Å². The Morgan fingerprint density at radius 1 is 1.47 bits per heavy atom. The molecule has 1 rings (SSSR count). The van der Waals surface area contributed by atoms with Gasteiger partial charge in [0, 0.05) is 24.0 Å². The van der Waals surface area contributed by atoms with E-state index in [4.69, 9.17) is 11.6 Å². The highest BCUT2D eigenvalue weighted by molar-refractivity contribution is 7.94. The van der Waals surface area contributed by atoms with Gasteiger partial charge < -0.3 is 0 Å². The lowest BCUT2D eigenvalue weighted by atomic mass is 10.1. The van der Waals surface area contributed by atoms with Crippen molar-refractivity contribution in [2.75, 3.05) is 6.26 Å². The zero-order valence-corrected chi connectivity index (χ0v) is 11.9. The summed E-state index contributed by atoms with van der Waals surface area (Å²) < 4.78 is 21.2. The van der Waals surface area contributed by atoms with E-state index >= 15 is 0 Å². The van der Waals surface area contributed by atoms with Crippen LogP contribution in [-0.2, 0) is 9.84 Å². The molecular formula is C11H12ClNO5S. The normalized spacial score (nSPS) is 14.7. The van der Waals surface area contributed by atoms with Gasteiger partial charge in [-0.05, 0) is 6.42 Å². The number of hydrogen-bond donors (Lipinski definition) is 0. The van der Waals surface area contributed by atoms with Crippen molar-refractivity contribution >= 4 is 32.9 Å². The average Bonchev–Trinajstić information content (AvgIpc) is 2.35. The lowest BCUT2D eigenvalue weighted by Crippen LogP contribution is -2.40. The number of nitrogens with zero attached hydrogens (tertiary/aromatic N) is 1. The highest BCUT2D eigenvalue weighted by atomic mass is 35.5. The number of rotatable bonds is 5. The first kappa shape index (κ1) is 15.6. The number of nitro groups is 1. The van der Waals surface area contributed by atoms with Crippen molar-refractivity contribution in [3.05, 3.63) is 39.9 Å². The molecule has 0 bridgehead atoms. The van der Waals surface area contributed by atoms with Crippen molar-refractivity contribution in [3.8, 4) is 0 Å². The molecule has 8 heteroatoms. The summed E-state index contributed by atoms with van der Waals surface area (Å²) in [6.45, 7) is 1.46. The van der Waals surface area contributed by atoms with Crippen LogP contribution in [0.4, 0.5) is 5.69 Å². The molecule has 1 aromatic rings. The third-order valence-corrected chi connectivity index (χ3v) is 5.63. The number of non-ortho nitro benzene ring substituents is 1. The molecule has 1 aromatic carbocycles. The van der Waals surface area contributed by atoms with Crippen molar-refractivity contribution in [1.29, 1.82) is 0 Å². The summed E-state index contributed by atoms with van der Waals surface area (Å²) in [5.74, 6) is -0.858. The van der Waals surface area contributed by atoms with Crippen LogP contribution in [0.2, 0.25) is 0 Å². The van der Waals surface area contributed by atoms with Crippen LogP contribution in [0.1, 0.15) is 23.7 Å². The molecule has 19 heavy (non-hydrogen) atoms. The molecule has 0 heterocycles. The maximum absolute atomic E-state index is 12.2. The van der Waals surface area contributed by atoms with Gasteiger partial charge >= 0.3 is 0 Å². The monoisotopic (exact) mass is 305 g/mol. The fraction of sp³-hybridized carbons (Fsp3) is 0.364.